The molecular formula is C12H14N2. The van der Waals surface area contributed by atoms with Gasteiger partial charge in [-0.15, -0.1) is 0 Å². The van der Waals surface area contributed by atoms with Crippen LogP contribution < -0.4 is 0 Å². The van der Waals surface area contributed by atoms with Crippen molar-refractivity contribution in [3.05, 3.63) is 36.0 Å². The Balaban J connectivity index is 2.72. The molecule has 2 heteroatoms. The number of hydrogen-bond acceptors (Lipinski definition) is 1. The number of aromatic nitrogens is 1. The van der Waals surface area contributed by atoms with Crippen LogP contribution in [0.3, 0.4) is 0 Å². The first-order chi connectivity index (χ1) is 6.74. The number of nitrogens with one attached hydrogen (secondary N) is 1. The van der Waals surface area contributed by atoms with Gasteiger partial charge in [-0.2, -0.15) is 0 Å². The molecule has 1 aromatic heterocycles. The Morgan fingerprint density at radius 2 is 2.07 bits per heavy atom. The molecular weight excluding hydrogens is 172 g/mol. The number of benzene rings is 1. The summed E-state index contributed by atoms with van der Waals surface area (Å²) in [5, 5.41) is 9.04. The third-order valence-electron chi connectivity index (χ3n) is 2.58. The summed E-state index contributed by atoms with van der Waals surface area (Å²) in [6, 6.07) is 8.22. The SMILES string of the molecule is CCC(=N)c1cn(C)c2ccccc12. The summed E-state index contributed by atoms with van der Waals surface area (Å²) >= 11 is 0. The zero-order chi connectivity index (χ0) is 10.1. The van der Waals surface area contributed by atoms with Crippen molar-refractivity contribution in [2.75, 3.05) is 0 Å². The summed E-state index contributed by atoms with van der Waals surface area (Å²) in [6.45, 7) is 2.02. The van der Waals surface area contributed by atoms with Crippen molar-refractivity contribution in [3.63, 3.8) is 0 Å². The maximum Gasteiger partial charge on any atom is 0.0484 e. The second-order valence-electron chi connectivity index (χ2n) is 3.50. The highest BCUT2D eigenvalue weighted by atomic mass is 14.9. The fourth-order valence-corrected chi connectivity index (χ4v) is 1.77. The lowest BCUT2D eigenvalue weighted by atomic mass is 10.1. The van der Waals surface area contributed by atoms with E-state index in [4.69, 9.17) is 5.41 Å². The van der Waals surface area contributed by atoms with E-state index in [9.17, 15) is 0 Å². The molecule has 0 aliphatic heterocycles. The van der Waals surface area contributed by atoms with Crippen molar-refractivity contribution >= 4 is 16.6 Å². The second-order valence-corrected chi connectivity index (χ2v) is 3.50. The van der Waals surface area contributed by atoms with Gasteiger partial charge in [0.05, 0.1) is 0 Å². The topological polar surface area (TPSA) is 28.8 Å². The summed E-state index contributed by atoms with van der Waals surface area (Å²) < 4.78 is 2.08. The van der Waals surface area contributed by atoms with Crippen molar-refractivity contribution in [3.8, 4) is 0 Å². The molecule has 14 heavy (non-hydrogen) atoms. The van der Waals surface area contributed by atoms with E-state index in [-0.39, 0.29) is 0 Å². The van der Waals surface area contributed by atoms with Crippen LogP contribution in [0, 0.1) is 5.41 Å². The summed E-state index contributed by atoms with van der Waals surface area (Å²) in [7, 11) is 2.02. The molecule has 1 N–H and O–H groups in total. The van der Waals surface area contributed by atoms with Gasteiger partial charge in [0.1, 0.15) is 0 Å². The van der Waals surface area contributed by atoms with Gasteiger partial charge in [0.25, 0.3) is 0 Å². The number of nitrogens with zero attached hydrogens (tertiary/aromatic N) is 1. The Hall–Kier alpha value is -1.57. The maximum atomic E-state index is 7.86. The predicted molar refractivity (Wildman–Crippen MR) is 60.0 cm³/mol. The van der Waals surface area contributed by atoms with Crippen LogP contribution in [0.1, 0.15) is 18.9 Å². The Bertz CT molecular complexity index is 480. The normalized spacial score (nSPS) is 10.7. The summed E-state index contributed by atoms with van der Waals surface area (Å²) in [4.78, 5) is 0. The minimum Gasteiger partial charge on any atom is -0.350 e. The molecule has 0 saturated heterocycles. The van der Waals surface area contributed by atoms with E-state index in [0.29, 0.717) is 5.71 Å². The van der Waals surface area contributed by atoms with Crippen LogP contribution in [0.15, 0.2) is 30.5 Å². The fraction of sp³-hybridized carbons (Fsp3) is 0.250. The number of aryl methyl sites for hydroxylation is 1. The summed E-state index contributed by atoms with van der Waals surface area (Å²) in [5.74, 6) is 0. The van der Waals surface area contributed by atoms with Gasteiger partial charge in [-0.05, 0) is 12.5 Å². The van der Waals surface area contributed by atoms with Gasteiger partial charge >= 0.3 is 0 Å². The first-order valence-corrected chi connectivity index (χ1v) is 4.86. The molecule has 0 amide bonds. The van der Waals surface area contributed by atoms with Gasteiger partial charge in [0, 0.05) is 35.4 Å². The lowest BCUT2D eigenvalue weighted by Gasteiger charge is -1.96. The molecule has 0 spiro atoms. The van der Waals surface area contributed by atoms with Crippen molar-refractivity contribution in [2.45, 2.75) is 13.3 Å². The molecule has 72 valence electrons. The van der Waals surface area contributed by atoms with E-state index in [1.807, 2.05) is 32.3 Å². The summed E-state index contributed by atoms with van der Waals surface area (Å²) in [5.41, 5.74) is 2.97. The molecule has 2 rings (SSSR count). The van der Waals surface area contributed by atoms with Crippen molar-refractivity contribution in [1.29, 1.82) is 5.41 Å². The van der Waals surface area contributed by atoms with E-state index in [1.165, 1.54) is 10.9 Å². The third kappa shape index (κ3) is 1.23. The number of para-hydroxylation sites is 1. The van der Waals surface area contributed by atoms with Crippen molar-refractivity contribution in [2.24, 2.45) is 7.05 Å². The molecule has 0 aliphatic carbocycles. The lowest BCUT2D eigenvalue weighted by Crippen LogP contribution is -1.94. The van der Waals surface area contributed by atoms with E-state index in [1.54, 1.807) is 0 Å². The molecule has 1 heterocycles. The minimum absolute atomic E-state index is 0.710. The standard InChI is InChI=1S/C12H14N2/c1-3-11(13)10-8-14(2)12-7-5-4-6-9(10)12/h4-8,13H,3H2,1-2H3. The van der Waals surface area contributed by atoms with Crippen LogP contribution in [0.5, 0.6) is 0 Å². The van der Waals surface area contributed by atoms with E-state index < -0.39 is 0 Å². The average Bonchev–Trinajstić information content (AvgIpc) is 2.56. The minimum atomic E-state index is 0.710. The fourth-order valence-electron chi connectivity index (χ4n) is 1.77. The van der Waals surface area contributed by atoms with E-state index >= 15 is 0 Å². The first-order valence-electron chi connectivity index (χ1n) is 4.86. The van der Waals surface area contributed by atoms with Crippen LogP contribution in [-0.4, -0.2) is 10.3 Å². The van der Waals surface area contributed by atoms with Crippen molar-refractivity contribution < 1.29 is 0 Å². The zero-order valence-electron chi connectivity index (χ0n) is 8.54. The monoisotopic (exact) mass is 186 g/mol. The molecule has 0 fully saturated rings. The molecule has 2 nitrogen and oxygen atoms in total. The maximum absolute atomic E-state index is 7.86. The Labute approximate surface area is 83.7 Å². The van der Waals surface area contributed by atoms with Gasteiger partial charge < -0.3 is 9.98 Å². The molecule has 0 radical (unpaired) electrons. The molecule has 1 aromatic carbocycles. The van der Waals surface area contributed by atoms with Gasteiger partial charge in [0.15, 0.2) is 0 Å². The van der Waals surface area contributed by atoms with E-state index in [0.717, 1.165) is 12.0 Å². The van der Waals surface area contributed by atoms with Crippen LogP contribution in [-0.2, 0) is 7.05 Å². The van der Waals surface area contributed by atoms with Gasteiger partial charge in [0.2, 0.25) is 0 Å². The first kappa shape index (κ1) is 9.00. The van der Waals surface area contributed by atoms with Crippen molar-refractivity contribution in [1.82, 2.24) is 4.57 Å². The molecule has 0 unspecified atom stereocenters. The third-order valence-corrected chi connectivity index (χ3v) is 2.58. The van der Waals surface area contributed by atoms with Gasteiger partial charge in [-0.1, -0.05) is 25.1 Å². The number of hydrogen-bond donors (Lipinski definition) is 1. The van der Waals surface area contributed by atoms with Crippen LogP contribution in [0.2, 0.25) is 0 Å². The predicted octanol–water partition coefficient (Wildman–Crippen LogP) is 2.96. The smallest absolute Gasteiger partial charge is 0.0484 e. The van der Waals surface area contributed by atoms with Crippen LogP contribution >= 0.6 is 0 Å². The number of rotatable bonds is 2. The van der Waals surface area contributed by atoms with Crippen LogP contribution in [0.4, 0.5) is 0 Å². The quantitative estimate of drug-likeness (QED) is 0.699. The highest BCUT2D eigenvalue weighted by molar-refractivity contribution is 6.09. The number of fused-ring (bicyclic) bond motifs is 1. The van der Waals surface area contributed by atoms with Crippen LogP contribution in [0.25, 0.3) is 10.9 Å². The molecule has 0 atom stereocenters. The summed E-state index contributed by atoms with van der Waals surface area (Å²) in [6.07, 6.45) is 2.82. The average molecular weight is 186 g/mol. The Kier molecular flexibility index (Phi) is 2.12. The molecule has 0 saturated carbocycles. The zero-order valence-corrected chi connectivity index (χ0v) is 8.54. The molecule has 0 bridgehead atoms. The lowest BCUT2D eigenvalue weighted by molar-refractivity contribution is 0.967. The van der Waals surface area contributed by atoms with Gasteiger partial charge in [-0.3, -0.25) is 0 Å². The molecule has 2 aromatic rings. The molecule has 0 aliphatic rings. The highest BCUT2D eigenvalue weighted by Crippen LogP contribution is 2.21. The largest absolute Gasteiger partial charge is 0.350 e. The Morgan fingerprint density at radius 1 is 1.36 bits per heavy atom. The second kappa shape index (κ2) is 3.29. The van der Waals surface area contributed by atoms with Gasteiger partial charge in [-0.25, -0.2) is 0 Å². The highest BCUT2D eigenvalue weighted by Gasteiger charge is 2.08. The van der Waals surface area contributed by atoms with E-state index in [2.05, 4.69) is 16.7 Å². The Morgan fingerprint density at radius 3 is 2.79 bits per heavy atom.